The van der Waals surface area contributed by atoms with Gasteiger partial charge in [0.05, 0.1) is 0 Å². The summed E-state index contributed by atoms with van der Waals surface area (Å²) in [5, 5.41) is 0. The van der Waals surface area contributed by atoms with Crippen LogP contribution in [-0.4, -0.2) is 12.6 Å². The third-order valence-electron chi connectivity index (χ3n) is 1.41. The normalized spacial score (nSPS) is 10.0. The molecule has 2 nitrogen and oxygen atoms in total. The number of carbonyl (C=O) groups excluding carboxylic acids is 2. The van der Waals surface area contributed by atoms with Gasteiger partial charge in [-0.05, 0) is 17.7 Å². The minimum Gasteiger partial charge on any atom is -0.299 e. The number of rotatable bonds is 3. The van der Waals surface area contributed by atoms with Gasteiger partial charge in [0.1, 0.15) is 12.6 Å². The highest BCUT2D eigenvalue weighted by molar-refractivity contribution is 5.78. The van der Waals surface area contributed by atoms with E-state index in [1.165, 1.54) is 6.08 Å². The van der Waals surface area contributed by atoms with Crippen LogP contribution < -0.4 is 0 Å². The standard InChI is InChI=1S/C10H8O2/c11-6-2-5-9-3-1-4-10(7-9)8-12/h1-8H. The quantitative estimate of drug-likeness (QED) is 0.498. The van der Waals surface area contributed by atoms with E-state index in [2.05, 4.69) is 0 Å². The first kappa shape index (κ1) is 8.40. The Kier molecular flexibility index (Phi) is 2.96. The molecular formula is C10H8O2. The lowest BCUT2D eigenvalue weighted by atomic mass is 10.1. The topological polar surface area (TPSA) is 34.1 Å². The van der Waals surface area contributed by atoms with Crippen molar-refractivity contribution in [1.29, 1.82) is 0 Å². The smallest absolute Gasteiger partial charge is 0.150 e. The van der Waals surface area contributed by atoms with Gasteiger partial charge in [-0.15, -0.1) is 0 Å². The highest BCUT2D eigenvalue weighted by atomic mass is 16.1. The van der Waals surface area contributed by atoms with E-state index in [0.717, 1.165) is 11.8 Å². The lowest BCUT2D eigenvalue weighted by molar-refractivity contribution is -0.104. The Morgan fingerprint density at radius 2 is 1.83 bits per heavy atom. The molecule has 0 unspecified atom stereocenters. The molecule has 0 aromatic heterocycles. The lowest BCUT2D eigenvalue weighted by Gasteiger charge is -1.92. The largest absolute Gasteiger partial charge is 0.299 e. The van der Waals surface area contributed by atoms with Crippen molar-refractivity contribution < 1.29 is 9.59 Å². The van der Waals surface area contributed by atoms with Crippen LogP contribution in [0.25, 0.3) is 6.08 Å². The second-order valence-corrected chi connectivity index (χ2v) is 2.28. The Labute approximate surface area is 70.5 Å². The number of hydrogen-bond donors (Lipinski definition) is 0. The molecule has 0 aliphatic carbocycles. The molecule has 0 aliphatic heterocycles. The van der Waals surface area contributed by atoms with E-state index in [1.807, 2.05) is 6.07 Å². The van der Waals surface area contributed by atoms with Gasteiger partial charge in [-0.25, -0.2) is 0 Å². The average molecular weight is 160 g/mol. The third-order valence-corrected chi connectivity index (χ3v) is 1.41. The van der Waals surface area contributed by atoms with Gasteiger partial charge in [-0.1, -0.05) is 24.3 Å². The molecule has 0 fully saturated rings. The zero-order chi connectivity index (χ0) is 8.81. The van der Waals surface area contributed by atoms with Crippen molar-refractivity contribution in [2.24, 2.45) is 0 Å². The Balaban J connectivity index is 2.93. The molecule has 0 atom stereocenters. The maximum Gasteiger partial charge on any atom is 0.150 e. The molecule has 0 amide bonds. The lowest BCUT2D eigenvalue weighted by Crippen LogP contribution is -1.79. The van der Waals surface area contributed by atoms with Crippen LogP contribution in [0.5, 0.6) is 0 Å². The molecule has 1 aromatic carbocycles. The van der Waals surface area contributed by atoms with E-state index in [4.69, 9.17) is 0 Å². The first-order chi connectivity index (χ1) is 5.86. The Bertz CT molecular complexity index is 313. The van der Waals surface area contributed by atoms with Gasteiger partial charge in [0.25, 0.3) is 0 Å². The van der Waals surface area contributed by atoms with Gasteiger partial charge in [0.15, 0.2) is 0 Å². The summed E-state index contributed by atoms with van der Waals surface area (Å²) >= 11 is 0. The van der Waals surface area contributed by atoms with Gasteiger partial charge < -0.3 is 0 Å². The summed E-state index contributed by atoms with van der Waals surface area (Å²) in [7, 11) is 0. The Hall–Kier alpha value is -1.70. The fraction of sp³-hybridized carbons (Fsp3) is 0. The molecule has 0 spiro atoms. The minimum atomic E-state index is 0.614. The summed E-state index contributed by atoms with van der Waals surface area (Å²) in [5.41, 5.74) is 1.47. The molecule has 2 heteroatoms. The van der Waals surface area contributed by atoms with Crippen LogP contribution in [-0.2, 0) is 4.79 Å². The molecule has 0 saturated heterocycles. The summed E-state index contributed by atoms with van der Waals surface area (Å²) in [6.45, 7) is 0. The second-order valence-electron chi connectivity index (χ2n) is 2.28. The molecule has 1 aromatic rings. The molecule has 60 valence electrons. The maximum atomic E-state index is 10.3. The van der Waals surface area contributed by atoms with E-state index in [0.29, 0.717) is 11.8 Å². The van der Waals surface area contributed by atoms with E-state index in [9.17, 15) is 9.59 Å². The summed E-state index contributed by atoms with van der Waals surface area (Å²) in [6, 6.07) is 7.03. The molecule has 0 heterocycles. The van der Waals surface area contributed by atoms with E-state index >= 15 is 0 Å². The van der Waals surface area contributed by atoms with Crippen molar-refractivity contribution in [3.8, 4) is 0 Å². The van der Waals surface area contributed by atoms with Crippen LogP contribution >= 0.6 is 0 Å². The summed E-state index contributed by atoms with van der Waals surface area (Å²) in [6.07, 6.45) is 4.52. The molecule has 0 N–H and O–H groups in total. The number of aldehydes is 2. The van der Waals surface area contributed by atoms with Crippen LogP contribution in [0.2, 0.25) is 0 Å². The zero-order valence-electron chi connectivity index (χ0n) is 6.44. The number of carbonyl (C=O) groups is 2. The van der Waals surface area contributed by atoms with Crippen LogP contribution in [0, 0.1) is 0 Å². The van der Waals surface area contributed by atoms with Crippen molar-refractivity contribution in [2.45, 2.75) is 0 Å². The fourth-order valence-corrected chi connectivity index (χ4v) is 0.886. The predicted molar refractivity (Wildman–Crippen MR) is 46.9 cm³/mol. The van der Waals surface area contributed by atoms with E-state index in [-0.39, 0.29) is 0 Å². The van der Waals surface area contributed by atoms with Gasteiger partial charge in [-0.3, -0.25) is 9.59 Å². The SMILES string of the molecule is O=CC=Cc1cccc(C=O)c1. The number of allylic oxidation sites excluding steroid dienone is 1. The number of benzene rings is 1. The van der Waals surface area contributed by atoms with Crippen molar-refractivity contribution in [3.05, 3.63) is 41.5 Å². The van der Waals surface area contributed by atoms with Crippen molar-refractivity contribution in [1.82, 2.24) is 0 Å². The average Bonchev–Trinajstić information content (AvgIpc) is 2.15. The summed E-state index contributed by atoms with van der Waals surface area (Å²) in [4.78, 5) is 20.3. The molecule has 0 saturated carbocycles. The van der Waals surface area contributed by atoms with Gasteiger partial charge in [0.2, 0.25) is 0 Å². The van der Waals surface area contributed by atoms with Crippen molar-refractivity contribution in [3.63, 3.8) is 0 Å². The number of hydrogen-bond acceptors (Lipinski definition) is 2. The summed E-state index contributed by atoms with van der Waals surface area (Å²) < 4.78 is 0. The van der Waals surface area contributed by atoms with Crippen LogP contribution in [0.1, 0.15) is 15.9 Å². The molecule has 0 aliphatic rings. The first-order valence-electron chi connectivity index (χ1n) is 3.54. The van der Waals surface area contributed by atoms with E-state index in [1.54, 1.807) is 24.3 Å². The Morgan fingerprint density at radius 1 is 1.08 bits per heavy atom. The highest BCUT2D eigenvalue weighted by Crippen LogP contribution is 2.04. The predicted octanol–water partition coefficient (Wildman–Crippen LogP) is 1.71. The van der Waals surface area contributed by atoms with Crippen LogP contribution in [0.15, 0.2) is 30.3 Å². The van der Waals surface area contributed by atoms with Crippen LogP contribution in [0.3, 0.4) is 0 Å². The monoisotopic (exact) mass is 160 g/mol. The van der Waals surface area contributed by atoms with Crippen LogP contribution in [0.4, 0.5) is 0 Å². The maximum absolute atomic E-state index is 10.3. The molecule has 12 heavy (non-hydrogen) atoms. The fourth-order valence-electron chi connectivity index (χ4n) is 0.886. The Morgan fingerprint density at radius 3 is 2.50 bits per heavy atom. The summed E-state index contributed by atoms with van der Waals surface area (Å²) in [5.74, 6) is 0. The highest BCUT2D eigenvalue weighted by Gasteiger charge is 1.89. The van der Waals surface area contributed by atoms with Gasteiger partial charge in [-0.2, -0.15) is 0 Å². The second kappa shape index (κ2) is 4.23. The van der Waals surface area contributed by atoms with Gasteiger partial charge >= 0.3 is 0 Å². The molecule has 1 rings (SSSR count). The molecule has 0 bridgehead atoms. The van der Waals surface area contributed by atoms with Crippen molar-refractivity contribution in [2.75, 3.05) is 0 Å². The molecule has 0 radical (unpaired) electrons. The first-order valence-corrected chi connectivity index (χ1v) is 3.54. The molecular weight excluding hydrogens is 152 g/mol. The van der Waals surface area contributed by atoms with Gasteiger partial charge in [0, 0.05) is 5.56 Å². The van der Waals surface area contributed by atoms with E-state index < -0.39 is 0 Å². The minimum absolute atomic E-state index is 0.614. The van der Waals surface area contributed by atoms with Crippen molar-refractivity contribution >= 4 is 18.6 Å². The third kappa shape index (κ3) is 2.16. The zero-order valence-corrected chi connectivity index (χ0v) is 6.44.